The standard InChI is InChI=1S/C14H21ClN4O/c1-9-3-5-10(6-4-9)19(2)14-12(15)11(7-8-17-14)13(16)18-20/h7-10,20H,3-6H2,1-2H3,(H2,16,18). The smallest absolute Gasteiger partial charge is 0.171 e. The average Bonchev–Trinajstić information content (AvgIpc) is 2.47. The van der Waals surface area contributed by atoms with E-state index in [1.165, 1.54) is 12.8 Å². The van der Waals surface area contributed by atoms with E-state index in [1.54, 1.807) is 12.3 Å². The molecule has 1 heterocycles. The third-order valence-corrected chi connectivity index (χ3v) is 4.49. The highest BCUT2D eigenvalue weighted by Gasteiger charge is 2.24. The second-order valence-electron chi connectivity index (χ2n) is 5.51. The third kappa shape index (κ3) is 2.98. The first-order chi connectivity index (χ1) is 9.54. The minimum Gasteiger partial charge on any atom is -0.409 e. The molecular weight excluding hydrogens is 276 g/mol. The van der Waals surface area contributed by atoms with Crippen molar-refractivity contribution < 1.29 is 5.21 Å². The molecule has 20 heavy (non-hydrogen) atoms. The zero-order chi connectivity index (χ0) is 14.7. The number of oxime groups is 1. The van der Waals surface area contributed by atoms with Gasteiger partial charge < -0.3 is 15.8 Å². The first kappa shape index (κ1) is 14.9. The second-order valence-corrected chi connectivity index (χ2v) is 5.88. The van der Waals surface area contributed by atoms with Crippen molar-refractivity contribution in [1.29, 1.82) is 0 Å². The fraction of sp³-hybridized carbons (Fsp3) is 0.571. The molecule has 0 atom stereocenters. The molecule has 6 heteroatoms. The molecule has 1 aliphatic rings. The molecular formula is C14H21ClN4O. The molecule has 1 fully saturated rings. The van der Waals surface area contributed by atoms with Gasteiger partial charge in [-0.3, -0.25) is 0 Å². The lowest BCUT2D eigenvalue weighted by molar-refractivity contribution is 0.318. The Morgan fingerprint density at radius 2 is 2.10 bits per heavy atom. The quantitative estimate of drug-likeness (QED) is 0.389. The number of hydrogen-bond donors (Lipinski definition) is 2. The van der Waals surface area contributed by atoms with Gasteiger partial charge in [0.1, 0.15) is 5.82 Å². The van der Waals surface area contributed by atoms with Crippen molar-refractivity contribution in [2.75, 3.05) is 11.9 Å². The molecule has 0 unspecified atom stereocenters. The minimum atomic E-state index is 0.00400. The summed E-state index contributed by atoms with van der Waals surface area (Å²) in [4.78, 5) is 6.47. The van der Waals surface area contributed by atoms with E-state index in [1.807, 2.05) is 7.05 Å². The van der Waals surface area contributed by atoms with Crippen LogP contribution in [0, 0.1) is 5.92 Å². The van der Waals surface area contributed by atoms with Crippen molar-refractivity contribution in [2.24, 2.45) is 16.8 Å². The number of amidine groups is 1. The highest BCUT2D eigenvalue weighted by molar-refractivity contribution is 6.36. The first-order valence-electron chi connectivity index (χ1n) is 6.89. The number of anilines is 1. The van der Waals surface area contributed by atoms with Gasteiger partial charge >= 0.3 is 0 Å². The van der Waals surface area contributed by atoms with Gasteiger partial charge in [0.2, 0.25) is 0 Å². The second kappa shape index (κ2) is 6.31. The van der Waals surface area contributed by atoms with E-state index in [9.17, 15) is 0 Å². The van der Waals surface area contributed by atoms with Crippen LogP contribution in [0.5, 0.6) is 0 Å². The predicted molar refractivity (Wildman–Crippen MR) is 81.6 cm³/mol. The lowest BCUT2D eigenvalue weighted by atomic mass is 9.87. The van der Waals surface area contributed by atoms with Crippen LogP contribution in [0.15, 0.2) is 17.4 Å². The van der Waals surface area contributed by atoms with Crippen LogP contribution in [0.4, 0.5) is 5.82 Å². The van der Waals surface area contributed by atoms with Gasteiger partial charge in [-0.1, -0.05) is 23.7 Å². The van der Waals surface area contributed by atoms with Gasteiger partial charge in [0.15, 0.2) is 5.84 Å². The molecule has 0 bridgehead atoms. The largest absolute Gasteiger partial charge is 0.409 e. The van der Waals surface area contributed by atoms with Crippen molar-refractivity contribution in [3.8, 4) is 0 Å². The maximum atomic E-state index is 8.79. The molecule has 0 spiro atoms. The summed E-state index contributed by atoms with van der Waals surface area (Å²) in [6.07, 6.45) is 6.38. The molecule has 0 radical (unpaired) electrons. The van der Waals surface area contributed by atoms with Crippen LogP contribution in [0.25, 0.3) is 0 Å². The highest BCUT2D eigenvalue weighted by atomic mass is 35.5. The van der Waals surface area contributed by atoms with Gasteiger partial charge in [-0.15, -0.1) is 0 Å². The van der Waals surface area contributed by atoms with Crippen LogP contribution in [-0.4, -0.2) is 29.1 Å². The summed E-state index contributed by atoms with van der Waals surface area (Å²) in [6, 6.07) is 2.09. The molecule has 0 aromatic carbocycles. The van der Waals surface area contributed by atoms with E-state index in [2.05, 4.69) is 22.0 Å². The van der Waals surface area contributed by atoms with E-state index < -0.39 is 0 Å². The molecule has 1 aromatic rings. The minimum absolute atomic E-state index is 0.00400. The van der Waals surface area contributed by atoms with Gasteiger partial charge in [0.25, 0.3) is 0 Å². The van der Waals surface area contributed by atoms with Gasteiger partial charge in [0, 0.05) is 24.8 Å². The van der Waals surface area contributed by atoms with Crippen molar-refractivity contribution in [2.45, 2.75) is 38.6 Å². The molecule has 110 valence electrons. The summed E-state index contributed by atoms with van der Waals surface area (Å²) in [7, 11) is 2.00. The Hall–Kier alpha value is -1.49. The number of nitrogens with zero attached hydrogens (tertiary/aromatic N) is 3. The maximum Gasteiger partial charge on any atom is 0.171 e. The summed E-state index contributed by atoms with van der Waals surface area (Å²) >= 11 is 6.35. The Bertz CT molecular complexity index is 498. The van der Waals surface area contributed by atoms with Crippen molar-refractivity contribution in [3.63, 3.8) is 0 Å². The molecule has 5 nitrogen and oxygen atoms in total. The van der Waals surface area contributed by atoms with Crippen LogP contribution >= 0.6 is 11.6 Å². The van der Waals surface area contributed by atoms with Crippen LogP contribution in [0.3, 0.4) is 0 Å². The Balaban J connectivity index is 2.24. The third-order valence-electron chi connectivity index (χ3n) is 4.12. The zero-order valence-corrected chi connectivity index (χ0v) is 12.6. The van der Waals surface area contributed by atoms with E-state index in [0.717, 1.165) is 18.8 Å². The normalized spacial score (nSPS) is 23.6. The molecule has 1 saturated carbocycles. The van der Waals surface area contributed by atoms with Crippen molar-refractivity contribution in [3.05, 3.63) is 22.8 Å². The molecule has 1 aromatic heterocycles. The first-order valence-corrected chi connectivity index (χ1v) is 7.27. The number of hydrogen-bond acceptors (Lipinski definition) is 4. The summed E-state index contributed by atoms with van der Waals surface area (Å²) in [6.45, 7) is 2.29. The summed E-state index contributed by atoms with van der Waals surface area (Å²) < 4.78 is 0. The van der Waals surface area contributed by atoms with Crippen molar-refractivity contribution >= 4 is 23.3 Å². The molecule has 3 N–H and O–H groups in total. The van der Waals surface area contributed by atoms with E-state index in [-0.39, 0.29) is 5.84 Å². The van der Waals surface area contributed by atoms with E-state index >= 15 is 0 Å². The zero-order valence-electron chi connectivity index (χ0n) is 11.9. The average molecular weight is 297 g/mol. The number of nitrogens with two attached hydrogens (primary N) is 1. The number of halogens is 1. The molecule has 1 aliphatic carbocycles. The van der Waals surface area contributed by atoms with Gasteiger partial charge in [-0.05, 0) is 37.7 Å². The van der Waals surface area contributed by atoms with Crippen LogP contribution in [-0.2, 0) is 0 Å². The number of rotatable bonds is 3. The number of pyridine rings is 1. The molecule has 2 rings (SSSR count). The van der Waals surface area contributed by atoms with Gasteiger partial charge in [-0.2, -0.15) is 0 Å². The topological polar surface area (TPSA) is 74.7 Å². The van der Waals surface area contributed by atoms with Gasteiger partial charge in [-0.25, -0.2) is 4.98 Å². The van der Waals surface area contributed by atoms with E-state index in [4.69, 9.17) is 22.5 Å². The predicted octanol–water partition coefficient (Wildman–Crippen LogP) is 2.84. The Kier molecular flexibility index (Phi) is 4.70. The Morgan fingerprint density at radius 3 is 2.70 bits per heavy atom. The lowest BCUT2D eigenvalue weighted by Gasteiger charge is -2.34. The monoisotopic (exact) mass is 296 g/mol. The fourth-order valence-corrected chi connectivity index (χ4v) is 3.07. The van der Waals surface area contributed by atoms with Crippen LogP contribution in [0.2, 0.25) is 5.02 Å². The lowest BCUT2D eigenvalue weighted by Crippen LogP contribution is -2.35. The molecule has 0 saturated heterocycles. The van der Waals surface area contributed by atoms with Gasteiger partial charge in [0.05, 0.1) is 5.02 Å². The summed E-state index contributed by atoms with van der Waals surface area (Å²) in [5, 5.41) is 12.2. The summed E-state index contributed by atoms with van der Waals surface area (Å²) in [5.41, 5.74) is 6.14. The molecule has 0 aliphatic heterocycles. The SMILES string of the molecule is CC1CCC(N(C)c2nccc(/C(N)=N/O)c2Cl)CC1. The number of aromatic nitrogens is 1. The van der Waals surface area contributed by atoms with Crippen molar-refractivity contribution in [1.82, 2.24) is 4.98 Å². The summed E-state index contributed by atoms with van der Waals surface area (Å²) in [5.74, 6) is 1.49. The molecule has 0 amide bonds. The Morgan fingerprint density at radius 1 is 1.45 bits per heavy atom. The maximum absolute atomic E-state index is 8.79. The van der Waals surface area contributed by atoms with Crippen LogP contribution < -0.4 is 10.6 Å². The fourth-order valence-electron chi connectivity index (χ4n) is 2.73. The Labute approximate surface area is 124 Å². The van der Waals surface area contributed by atoms with Crippen LogP contribution in [0.1, 0.15) is 38.2 Å². The van der Waals surface area contributed by atoms with E-state index in [0.29, 0.717) is 22.4 Å². The highest BCUT2D eigenvalue weighted by Crippen LogP contribution is 2.32.